The van der Waals surface area contributed by atoms with Gasteiger partial charge in [0.05, 0.1) is 12.0 Å². The smallest absolute Gasteiger partial charge is 0.243 e. The molecule has 6 heteroatoms. The number of nitrogens with zero attached hydrogens (tertiary/aromatic N) is 1. The van der Waals surface area contributed by atoms with Gasteiger partial charge in [-0.1, -0.05) is 33.1 Å². The molecule has 0 radical (unpaired) electrons. The van der Waals surface area contributed by atoms with E-state index in [0.29, 0.717) is 24.8 Å². The molecule has 0 spiro atoms. The molecule has 2 fully saturated rings. The maximum atomic E-state index is 13.1. The van der Waals surface area contributed by atoms with Crippen molar-refractivity contribution in [2.24, 2.45) is 11.8 Å². The Morgan fingerprint density at radius 3 is 2.58 bits per heavy atom. The second kappa shape index (κ2) is 9.66. The molecule has 2 unspecified atom stereocenters. The standard InChI is InChI=1S/C18H32N2O3S/c1-13(2)11-16-20(18(22)14-7-5-4-6-8-14)15(12-24-16)17(21)19-9-10-23-3/h13-16H,4-12H2,1-3H3,(H,19,21). The lowest BCUT2D eigenvalue weighted by molar-refractivity contribution is -0.144. The number of nitrogens with one attached hydrogen (secondary N) is 1. The molecule has 2 rings (SSSR count). The fourth-order valence-corrected chi connectivity index (χ4v) is 5.25. The molecule has 1 N–H and O–H groups in total. The van der Waals surface area contributed by atoms with Gasteiger partial charge < -0.3 is 15.0 Å². The van der Waals surface area contributed by atoms with Crippen LogP contribution in [0.25, 0.3) is 0 Å². The van der Waals surface area contributed by atoms with Crippen molar-refractivity contribution >= 4 is 23.6 Å². The molecule has 1 aliphatic carbocycles. The fourth-order valence-electron chi connectivity index (χ4n) is 3.60. The third-order valence-corrected chi connectivity index (χ3v) is 6.20. The highest BCUT2D eigenvalue weighted by Gasteiger charge is 2.43. The molecular weight excluding hydrogens is 324 g/mol. The summed E-state index contributed by atoms with van der Waals surface area (Å²) in [5.41, 5.74) is 0. The summed E-state index contributed by atoms with van der Waals surface area (Å²) in [7, 11) is 1.62. The van der Waals surface area contributed by atoms with Crippen LogP contribution < -0.4 is 5.32 Å². The van der Waals surface area contributed by atoms with Crippen molar-refractivity contribution < 1.29 is 14.3 Å². The Balaban J connectivity index is 2.07. The second-order valence-electron chi connectivity index (χ2n) is 7.30. The van der Waals surface area contributed by atoms with Crippen molar-refractivity contribution in [3.8, 4) is 0 Å². The summed E-state index contributed by atoms with van der Waals surface area (Å²) in [4.78, 5) is 27.6. The Morgan fingerprint density at radius 1 is 1.25 bits per heavy atom. The molecule has 1 heterocycles. The molecule has 0 aromatic rings. The van der Waals surface area contributed by atoms with Crippen LogP contribution in [0.3, 0.4) is 0 Å². The van der Waals surface area contributed by atoms with Crippen molar-refractivity contribution in [2.75, 3.05) is 26.0 Å². The van der Waals surface area contributed by atoms with Gasteiger partial charge in [0.1, 0.15) is 6.04 Å². The van der Waals surface area contributed by atoms with E-state index in [4.69, 9.17) is 4.74 Å². The molecule has 1 aliphatic heterocycles. The van der Waals surface area contributed by atoms with Gasteiger partial charge >= 0.3 is 0 Å². The largest absolute Gasteiger partial charge is 0.383 e. The van der Waals surface area contributed by atoms with Crippen LogP contribution in [0, 0.1) is 11.8 Å². The van der Waals surface area contributed by atoms with Crippen LogP contribution in [-0.2, 0) is 14.3 Å². The van der Waals surface area contributed by atoms with Crippen LogP contribution in [0.15, 0.2) is 0 Å². The predicted molar refractivity (Wildman–Crippen MR) is 97.8 cm³/mol. The number of ether oxygens (including phenoxy) is 1. The van der Waals surface area contributed by atoms with Crippen LogP contribution >= 0.6 is 11.8 Å². The summed E-state index contributed by atoms with van der Waals surface area (Å²) < 4.78 is 5.00. The Labute approximate surface area is 150 Å². The average molecular weight is 357 g/mol. The SMILES string of the molecule is COCCNC(=O)C1CSC(CC(C)C)N1C(=O)C1CCCCC1. The van der Waals surface area contributed by atoms with Crippen LogP contribution in [0.4, 0.5) is 0 Å². The van der Waals surface area contributed by atoms with Crippen molar-refractivity contribution in [2.45, 2.75) is 63.8 Å². The number of amides is 2. The fraction of sp³-hybridized carbons (Fsp3) is 0.889. The van der Waals surface area contributed by atoms with E-state index in [1.807, 2.05) is 4.90 Å². The zero-order chi connectivity index (χ0) is 17.5. The van der Waals surface area contributed by atoms with E-state index in [1.54, 1.807) is 18.9 Å². The van der Waals surface area contributed by atoms with Gasteiger partial charge in [-0.25, -0.2) is 0 Å². The normalized spacial score (nSPS) is 25.2. The summed E-state index contributed by atoms with van der Waals surface area (Å²) in [6.45, 7) is 5.35. The average Bonchev–Trinajstić information content (AvgIpc) is 2.98. The van der Waals surface area contributed by atoms with Gasteiger partial charge in [0.15, 0.2) is 0 Å². The summed E-state index contributed by atoms with van der Waals surface area (Å²) in [6.07, 6.45) is 6.41. The van der Waals surface area contributed by atoms with Crippen molar-refractivity contribution in [3.63, 3.8) is 0 Å². The number of hydrogen-bond donors (Lipinski definition) is 1. The van der Waals surface area contributed by atoms with Gasteiger partial charge in [-0.2, -0.15) is 0 Å². The molecule has 138 valence electrons. The van der Waals surface area contributed by atoms with E-state index in [0.717, 1.165) is 32.1 Å². The maximum absolute atomic E-state index is 13.1. The highest BCUT2D eigenvalue weighted by molar-refractivity contribution is 8.00. The third kappa shape index (κ3) is 5.12. The minimum absolute atomic E-state index is 0.0324. The monoisotopic (exact) mass is 356 g/mol. The number of methoxy groups -OCH3 is 1. The molecule has 0 aromatic carbocycles. The zero-order valence-electron chi connectivity index (χ0n) is 15.3. The van der Waals surface area contributed by atoms with Crippen molar-refractivity contribution in [3.05, 3.63) is 0 Å². The summed E-state index contributed by atoms with van der Waals surface area (Å²) >= 11 is 1.76. The molecule has 5 nitrogen and oxygen atoms in total. The topological polar surface area (TPSA) is 58.6 Å². The minimum Gasteiger partial charge on any atom is -0.383 e. The minimum atomic E-state index is -0.329. The third-order valence-electron chi connectivity index (χ3n) is 4.88. The van der Waals surface area contributed by atoms with E-state index in [2.05, 4.69) is 19.2 Å². The van der Waals surface area contributed by atoms with Crippen LogP contribution in [0.2, 0.25) is 0 Å². The number of rotatable bonds is 7. The molecule has 2 atom stereocenters. The quantitative estimate of drug-likeness (QED) is 0.713. The van der Waals surface area contributed by atoms with E-state index >= 15 is 0 Å². The zero-order valence-corrected chi connectivity index (χ0v) is 16.1. The Morgan fingerprint density at radius 2 is 1.96 bits per heavy atom. The number of carbonyl (C=O) groups is 2. The van der Waals surface area contributed by atoms with Crippen LogP contribution in [0.5, 0.6) is 0 Å². The molecular formula is C18H32N2O3S. The van der Waals surface area contributed by atoms with Gasteiger partial charge in [0.2, 0.25) is 11.8 Å². The van der Waals surface area contributed by atoms with E-state index in [9.17, 15) is 9.59 Å². The highest BCUT2D eigenvalue weighted by atomic mass is 32.2. The van der Waals surface area contributed by atoms with Gasteiger partial charge in [-0.05, 0) is 25.2 Å². The van der Waals surface area contributed by atoms with Gasteiger partial charge in [-0.3, -0.25) is 9.59 Å². The van der Waals surface area contributed by atoms with E-state index < -0.39 is 0 Å². The second-order valence-corrected chi connectivity index (χ2v) is 8.51. The molecule has 2 aliphatic rings. The Bertz CT molecular complexity index is 424. The first-order valence-electron chi connectivity index (χ1n) is 9.25. The lowest BCUT2D eigenvalue weighted by Crippen LogP contribution is -2.52. The molecule has 2 amide bonds. The first-order chi connectivity index (χ1) is 11.5. The molecule has 0 bridgehead atoms. The molecule has 0 aromatic heterocycles. The molecule has 1 saturated heterocycles. The highest BCUT2D eigenvalue weighted by Crippen LogP contribution is 2.37. The van der Waals surface area contributed by atoms with Gasteiger partial charge in [0.25, 0.3) is 0 Å². The molecule has 1 saturated carbocycles. The van der Waals surface area contributed by atoms with E-state index in [-0.39, 0.29) is 29.1 Å². The van der Waals surface area contributed by atoms with Gasteiger partial charge in [-0.15, -0.1) is 11.8 Å². The Hall–Kier alpha value is -0.750. The Kier molecular flexibility index (Phi) is 7.88. The first-order valence-corrected chi connectivity index (χ1v) is 10.3. The number of carbonyl (C=O) groups excluding carboxylic acids is 2. The van der Waals surface area contributed by atoms with Gasteiger partial charge in [0, 0.05) is 25.3 Å². The van der Waals surface area contributed by atoms with E-state index in [1.165, 1.54) is 6.42 Å². The number of hydrogen-bond acceptors (Lipinski definition) is 4. The summed E-state index contributed by atoms with van der Waals surface area (Å²) in [5.74, 6) is 1.50. The van der Waals surface area contributed by atoms with Crippen molar-refractivity contribution in [1.29, 1.82) is 0 Å². The summed E-state index contributed by atoms with van der Waals surface area (Å²) in [5, 5.41) is 3.05. The van der Waals surface area contributed by atoms with Crippen LogP contribution in [0.1, 0.15) is 52.4 Å². The molecule has 24 heavy (non-hydrogen) atoms. The lowest BCUT2D eigenvalue weighted by Gasteiger charge is -2.34. The summed E-state index contributed by atoms with van der Waals surface area (Å²) in [6, 6.07) is -0.329. The lowest BCUT2D eigenvalue weighted by atomic mass is 9.88. The predicted octanol–water partition coefficient (Wildman–Crippen LogP) is 2.65. The maximum Gasteiger partial charge on any atom is 0.243 e. The first kappa shape index (κ1) is 19.6. The number of thioether (sulfide) groups is 1. The van der Waals surface area contributed by atoms with Crippen molar-refractivity contribution in [1.82, 2.24) is 10.2 Å². The van der Waals surface area contributed by atoms with Crippen LogP contribution in [-0.4, -0.2) is 54.1 Å².